The Morgan fingerprint density at radius 3 is 2.31 bits per heavy atom. The van der Waals surface area contributed by atoms with Gasteiger partial charge < -0.3 is 9.30 Å². The molecule has 4 rings (SSSR count). The summed E-state index contributed by atoms with van der Waals surface area (Å²) in [5.41, 5.74) is 3.83. The molecule has 0 atom stereocenters. The topological polar surface area (TPSA) is 73.2 Å². The zero-order valence-electron chi connectivity index (χ0n) is 18.3. The Bertz CT molecular complexity index is 1290. The average Bonchev–Trinajstić information content (AvgIpc) is 3.16. The minimum absolute atomic E-state index is 0.198. The molecule has 32 heavy (non-hydrogen) atoms. The number of para-hydroxylation sites is 2. The number of benzene rings is 3. The predicted octanol–water partition coefficient (Wildman–Crippen LogP) is 5.04. The number of hydrogen-bond acceptors (Lipinski definition) is 4. The molecule has 1 heterocycles. The summed E-state index contributed by atoms with van der Waals surface area (Å²) >= 11 is 0. The number of sulfonamides is 1. The number of aromatic nitrogens is 2. The third-order valence-electron chi connectivity index (χ3n) is 5.34. The van der Waals surface area contributed by atoms with Crippen LogP contribution < -0.4 is 9.46 Å². The van der Waals surface area contributed by atoms with Crippen LogP contribution in [0.3, 0.4) is 0 Å². The summed E-state index contributed by atoms with van der Waals surface area (Å²) in [5, 5.41) is 0. The van der Waals surface area contributed by atoms with Crippen molar-refractivity contribution in [2.45, 2.75) is 38.1 Å². The third-order valence-corrected chi connectivity index (χ3v) is 6.74. The maximum Gasteiger partial charge on any atom is 0.261 e. The number of imidazole rings is 1. The molecule has 6 nitrogen and oxygen atoms in total. The molecule has 0 fully saturated rings. The van der Waals surface area contributed by atoms with E-state index < -0.39 is 10.0 Å². The van der Waals surface area contributed by atoms with E-state index in [0.717, 1.165) is 41.8 Å². The van der Waals surface area contributed by atoms with E-state index in [1.54, 1.807) is 36.4 Å². The lowest BCUT2D eigenvalue weighted by atomic mass is 10.1. The second kappa shape index (κ2) is 9.44. The molecule has 1 N–H and O–H groups in total. The van der Waals surface area contributed by atoms with Crippen molar-refractivity contribution >= 4 is 26.7 Å². The molecule has 3 aromatic carbocycles. The van der Waals surface area contributed by atoms with Crippen LogP contribution in [-0.2, 0) is 29.4 Å². The molecule has 7 heteroatoms. The molecule has 0 aliphatic carbocycles. The van der Waals surface area contributed by atoms with Crippen LogP contribution in [0.15, 0.2) is 77.7 Å². The predicted molar refractivity (Wildman–Crippen MR) is 128 cm³/mol. The zero-order valence-corrected chi connectivity index (χ0v) is 19.1. The van der Waals surface area contributed by atoms with E-state index in [4.69, 9.17) is 9.72 Å². The first-order valence-electron chi connectivity index (χ1n) is 10.8. The fourth-order valence-corrected chi connectivity index (χ4v) is 4.82. The van der Waals surface area contributed by atoms with Crippen molar-refractivity contribution < 1.29 is 13.2 Å². The van der Waals surface area contributed by atoms with Gasteiger partial charge in [-0.15, -0.1) is 0 Å². The molecule has 1 aromatic heterocycles. The first-order chi connectivity index (χ1) is 15.5. The Morgan fingerprint density at radius 2 is 1.62 bits per heavy atom. The minimum Gasteiger partial charge on any atom is -0.494 e. The Kier molecular flexibility index (Phi) is 6.46. The Labute approximate surface area is 188 Å². The summed E-state index contributed by atoms with van der Waals surface area (Å²) in [6, 6.07) is 22.1. The van der Waals surface area contributed by atoms with Crippen molar-refractivity contribution in [3.05, 3.63) is 84.2 Å². The number of ether oxygens (including phenoxy) is 1. The van der Waals surface area contributed by atoms with Crippen LogP contribution in [0, 0.1) is 0 Å². The maximum absolute atomic E-state index is 12.7. The Morgan fingerprint density at radius 1 is 0.906 bits per heavy atom. The molecule has 0 bridgehead atoms. The molecule has 166 valence electrons. The monoisotopic (exact) mass is 449 g/mol. The van der Waals surface area contributed by atoms with Crippen LogP contribution in [0.25, 0.3) is 11.0 Å². The van der Waals surface area contributed by atoms with Gasteiger partial charge in [-0.05, 0) is 74.4 Å². The fourth-order valence-electron chi connectivity index (χ4n) is 3.76. The van der Waals surface area contributed by atoms with E-state index in [2.05, 4.69) is 22.3 Å². The van der Waals surface area contributed by atoms with Gasteiger partial charge in [-0.1, -0.05) is 24.3 Å². The van der Waals surface area contributed by atoms with Crippen molar-refractivity contribution in [3.63, 3.8) is 0 Å². The second-order valence-corrected chi connectivity index (χ2v) is 9.15. The van der Waals surface area contributed by atoms with Gasteiger partial charge in [-0.2, -0.15) is 0 Å². The maximum atomic E-state index is 12.7. The first kappa shape index (κ1) is 21.9. The number of nitrogens with zero attached hydrogens (tertiary/aromatic N) is 2. The Balaban J connectivity index is 1.42. The summed E-state index contributed by atoms with van der Waals surface area (Å²) in [5.74, 6) is 1.71. The average molecular weight is 450 g/mol. The molecule has 0 radical (unpaired) electrons. The number of rotatable bonds is 9. The summed E-state index contributed by atoms with van der Waals surface area (Å²) in [4.78, 5) is 4.98. The molecule has 0 saturated carbocycles. The Hall–Kier alpha value is -3.32. The molecule has 0 aliphatic heterocycles. The van der Waals surface area contributed by atoms with Gasteiger partial charge in [0.05, 0.1) is 22.5 Å². The summed E-state index contributed by atoms with van der Waals surface area (Å²) in [6.07, 6.45) is 1.65. The molecule has 0 spiro atoms. The highest BCUT2D eigenvalue weighted by Gasteiger charge is 2.14. The van der Waals surface area contributed by atoms with Crippen molar-refractivity contribution in [1.82, 2.24) is 9.55 Å². The van der Waals surface area contributed by atoms with Gasteiger partial charge in [0, 0.05) is 18.7 Å². The molecule has 0 unspecified atom stereocenters. The highest BCUT2D eigenvalue weighted by atomic mass is 32.2. The quantitative estimate of drug-likeness (QED) is 0.388. The largest absolute Gasteiger partial charge is 0.494 e. The van der Waals surface area contributed by atoms with Gasteiger partial charge in [-0.25, -0.2) is 13.4 Å². The van der Waals surface area contributed by atoms with Crippen molar-refractivity contribution in [3.8, 4) is 5.75 Å². The van der Waals surface area contributed by atoms with Crippen LogP contribution in [0.1, 0.15) is 25.2 Å². The molecule has 4 aromatic rings. The van der Waals surface area contributed by atoms with Gasteiger partial charge in [0.2, 0.25) is 0 Å². The van der Waals surface area contributed by atoms with E-state index in [1.807, 2.05) is 37.3 Å². The van der Waals surface area contributed by atoms with Gasteiger partial charge >= 0.3 is 0 Å². The number of aryl methyl sites for hydroxylation is 3. The smallest absolute Gasteiger partial charge is 0.261 e. The van der Waals surface area contributed by atoms with Gasteiger partial charge in [0.1, 0.15) is 11.6 Å². The molecule has 0 aliphatic rings. The fraction of sp³-hybridized carbons (Fsp3) is 0.240. The zero-order chi connectivity index (χ0) is 22.6. The van der Waals surface area contributed by atoms with Crippen LogP contribution >= 0.6 is 0 Å². The SMILES string of the molecule is CCOc1ccc(S(=O)(=O)Nc2ccc(CCc3nc4ccccc4n3CC)cc2)cc1. The lowest BCUT2D eigenvalue weighted by Crippen LogP contribution is -2.13. The van der Waals surface area contributed by atoms with Crippen LogP contribution in [-0.4, -0.2) is 24.6 Å². The van der Waals surface area contributed by atoms with E-state index in [-0.39, 0.29) is 4.90 Å². The number of fused-ring (bicyclic) bond motifs is 1. The molecule has 0 amide bonds. The molecule has 0 saturated heterocycles. The summed E-state index contributed by atoms with van der Waals surface area (Å²) in [7, 11) is -3.66. The minimum atomic E-state index is -3.66. The van der Waals surface area contributed by atoms with Gasteiger partial charge in [0.25, 0.3) is 10.0 Å². The molecular formula is C25H27N3O3S. The number of nitrogens with one attached hydrogen (secondary N) is 1. The van der Waals surface area contributed by atoms with Crippen LogP contribution in [0.5, 0.6) is 5.75 Å². The highest BCUT2D eigenvalue weighted by Crippen LogP contribution is 2.21. The van der Waals surface area contributed by atoms with Crippen molar-refractivity contribution in [2.75, 3.05) is 11.3 Å². The van der Waals surface area contributed by atoms with Gasteiger partial charge in [0.15, 0.2) is 0 Å². The standard InChI is InChI=1S/C25H27N3O3S/c1-3-28-24-8-6-5-7-23(24)26-25(28)18-11-19-9-12-20(13-10-19)27-32(29,30)22-16-14-21(15-17-22)31-4-2/h5-10,12-17,27H,3-4,11,18H2,1-2H3. The van der Waals surface area contributed by atoms with Crippen molar-refractivity contribution in [1.29, 1.82) is 0 Å². The lowest BCUT2D eigenvalue weighted by molar-refractivity contribution is 0.340. The van der Waals surface area contributed by atoms with E-state index >= 15 is 0 Å². The summed E-state index contributed by atoms with van der Waals surface area (Å²) in [6.45, 7) is 5.42. The normalized spacial score (nSPS) is 11.6. The van der Waals surface area contributed by atoms with Crippen molar-refractivity contribution in [2.24, 2.45) is 0 Å². The van der Waals surface area contributed by atoms with E-state index in [1.165, 1.54) is 0 Å². The summed E-state index contributed by atoms with van der Waals surface area (Å²) < 4.78 is 35.6. The first-order valence-corrected chi connectivity index (χ1v) is 12.3. The highest BCUT2D eigenvalue weighted by molar-refractivity contribution is 7.92. The van der Waals surface area contributed by atoms with Crippen LogP contribution in [0.2, 0.25) is 0 Å². The number of hydrogen-bond donors (Lipinski definition) is 1. The van der Waals surface area contributed by atoms with Crippen LogP contribution in [0.4, 0.5) is 5.69 Å². The third kappa shape index (κ3) is 4.78. The molecular weight excluding hydrogens is 422 g/mol. The van der Waals surface area contributed by atoms with E-state index in [9.17, 15) is 8.42 Å². The lowest BCUT2D eigenvalue weighted by Gasteiger charge is -2.10. The second-order valence-electron chi connectivity index (χ2n) is 7.47. The van der Waals surface area contributed by atoms with Gasteiger partial charge in [-0.3, -0.25) is 4.72 Å². The van der Waals surface area contributed by atoms with E-state index in [0.29, 0.717) is 18.0 Å². The number of anilines is 1.